The van der Waals surface area contributed by atoms with Crippen LogP contribution in [0, 0.1) is 23.1 Å². The minimum Gasteiger partial charge on any atom is -0.440 e. The second-order valence-electron chi connectivity index (χ2n) is 11.2. The number of carbonyl (C=O) groups is 1. The van der Waals surface area contributed by atoms with Crippen LogP contribution in [0.15, 0.2) is 46.9 Å². The van der Waals surface area contributed by atoms with Gasteiger partial charge in [-0.3, -0.25) is 4.79 Å². The molecule has 1 aromatic heterocycles. The Bertz CT molecular complexity index is 1610. The highest BCUT2D eigenvalue weighted by Gasteiger charge is 2.47. The monoisotopic (exact) mass is 596 g/mol. The molecule has 0 radical (unpaired) electrons. The van der Waals surface area contributed by atoms with Crippen LogP contribution in [0.2, 0.25) is 5.02 Å². The van der Waals surface area contributed by atoms with Crippen LogP contribution in [0.3, 0.4) is 0 Å². The first-order chi connectivity index (χ1) is 19.7. The number of nitriles is 1. The van der Waals surface area contributed by atoms with Crippen LogP contribution in [0.1, 0.15) is 50.2 Å². The SMILES string of the molecule is N#CC1(NC(=O)[C@@H]2CCCC[C@H]2c2oc(-c3ccc(F)cc3Cl)nc2-c2ccc(N3CCS(=O)(=O)CC3)cc2)CC1. The molecule has 1 aliphatic heterocycles. The van der Waals surface area contributed by atoms with Crippen molar-refractivity contribution in [3.63, 3.8) is 0 Å². The molecule has 0 bridgehead atoms. The molecule has 2 aliphatic carbocycles. The molecule has 2 saturated carbocycles. The van der Waals surface area contributed by atoms with E-state index in [4.69, 9.17) is 21.0 Å². The summed E-state index contributed by atoms with van der Waals surface area (Å²) in [6.07, 6.45) is 4.51. The highest BCUT2D eigenvalue weighted by atomic mass is 35.5. The number of benzene rings is 2. The van der Waals surface area contributed by atoms with Crippen molar-refractivity contribution < 1.29 is 22.0 Å². The lowest BCUT2D eigenvalue weighted by Gasteiger charge is -2.30. The number of anilines is 1. The maximum absolute atomic E-state index is 13.8. The molecule has 1 saturated heterocycles. The van der Waals surface area contributed by atoms with Crippen LogP contribution in [0.25, 0.3) is 22.7 Å². The zero-order valence-corrected chi connectivity index (χ0v) is 24.0. The number of hydrogen-bond donors (Lipinski definition) is 1. The fourth-order valence-corrected chi connectivity index (χ4v) is 7.30. The van der Waals surface area contributed by atoms with Gasteiger partial charge < -0.3 is 14.6 Å². The summed E-state index contributed by atoms with van der Waals surface area (Å²) >= 11 is 6.38. The van der Waals surface area contributed by atoms with Gasteiger partial charge in [-0.25, -0.2) is 17.8 Å². The number of sulfone groups is 1. The Hall–Kier alpha value is -3.42. The molecule has 214 valence electrons. The van der Waals surface area contributed by atoms with E-state index in [0.717, 1.165) is 30.5 Å². The molecule has 3 aromatic rings. The Morgan fingerprint density at radius 1 is 1.12 bits per heavy atom. The van der Waals surface area contributed by atoms with E-state index in [1.807, 2.05) is 29.2 Å². The largest absolute Gasteiger partial charge is 0.440 e. The molecule has 3 fully saturated rings. The van der Waals surface area contributed by atoms with Gasteiger partial charge in [0, 0.05) is 36.2 Å². The van der Waals surface area contributed by atoms with E-state index >= 15 is 0 Å². The maximum Gasteiger partial charge on any atom is 0.228 e. The molecule has 2 aromatic carbocycles. The molecule has 0 spiro atoms. The standard InChI is InChI=1S/C30H30ClFN4O4S/c31-25-17-20(32)7-10-24(25)29-34-26(19-5-8-21(9-6-19)36-13-15-41(38,39)16-14-36)27(40-29)22-3-1-2-4-23(22)28(37)35-30(18-33)11-12-30/h5-10,17,22-23H,1-4,11-16H2,(H,35,37)/t22-,23-/m1/s1. The second-order valence-corrected chi connectivity index (χ2v) is 13.9. The van der Waals surface area contributed by atoms with E-state index in [1.165, 1.54) is 18.2 Å². The number of halogens is 2. The maximum atomic E-state index is 13.8. The van der Waals surface area contributed by atoms with Crippen molar-refractivity contribution in [3.8, 4) is 28.8 Å². The summed E-state index contributed by atoms with van der Waals surface area (Å²) in [6, 6.07) is 14.0. The van der Waals surface area contributed by atoms with Gasteiger partial charge in [0.15, 0.2) is 9.84 Å². The van der Waals surface area contributed by atoms with Gasteiger partial charge in [0.1, 0.15) is 22.8 Å². The van der Waals surface area contributed by atoms with E-state index in [0.29, 0.717) is 49.4 Å². The van der Waals surface area contributed by atoms with Crippen molar-refractivity contribution in [3.05, 3.63) is 59.1 Å². The molecule has 11 heteroatoms. The van der Waals surface area contributed by atoms with Crippen molar-refractivity contribution in [1.29, 1.82) is 5.26 Å². The van der Waals surface area contributed by atoms with Crippen molar-refractivity contribution in [2.75, 3.05) is 29.5 Å². The third kappa shape index (κ3) is 5.70. The Balaban J connectivity index is 1.37. The lowest BCUT2D eigenvalue weighted by molar-refractivity contribution is -0.127. The molecule has 3 aliphatic rings. The second kappa shape index (κ2) is 10.8. The highest BCUT2D eigenvalue weighted by molar-refractivity contribution is 7.91. The zero-order valence-electron chi connectivity index (χ0n) is 22.4. The number of amides is 1. The van der Waals surface area contributed by atoms with Gasteiger partial charge in [0.25, 0.3) is 0 Å². The molecular weight excluding hydrogens is 567 g/mol. The number of oxazole rings is 1. The average molecular weight is 597 g/mol. The van der Waals surface area contributed by atoms with Crippen LogP contribution in [-0.2, 0) is 14.6 Å². The fourth-order valence-electron chi connectivity index (χ4n) is 5.85. The summed E-state index contributed by atoms with van der Waals surface area (Å²) in [5.74, 6) is -0.197. The van der Waals surface area contributed by atoms with Crippen molar-refractivity contribution >= 4 is 33.0 Å². The Labute approximate surface area is 243 Å². The van der Waals surface area contributed by atoms with Crippen molar-refractivity contribution in [1.82, 2.24) is 10.3 Å². The van der Waals surface area contributed by atoms with Gasteiger partial charge in [-0.1, -0.05) is 36.6 Å². The molecule has 1 N–H and O–H groups in total. The average Bonchev–Trinajstić information content (AvgIpc) is 3.60. The first-order valence-electron chi connectivity index (χ1n) is 13.9. The van der Waals surface area contributed by atoms with Crippen LogP contribution in [0.4, 0.5) is 10.1 Å². The summed E-state index contributed by atoms with van der Waals surface area (Å²) in [5.41, 5.74) is 1.96. The summed E-state index contributed by atoms with van der Waals surface area (Å²) in [5, 5.41) is 12.7. The lowest BCUT2D eigenvalue weighted by Crippen LogP contribution is -2.42. The lowest BCUT2D eigenvalue weighted by atomic mass is 9.76. The summed E-state index contributed by atoms with van der Waals surface area (Å²) in [6.45, 7) is 0.875. The molecule has 0 unspecified atom stereocenters. The van der Waals surface area contributed by atoms with Gasteiger partial charge in [-0.2, -0.15) is 5.26 Å². The molecule has 6 rings (SSSR count). The molecule has 41 heavy (non-hydrogen) atoms. The van der Waals surface area contributed by atoms with Gasteiger partial charge in [0.2, 0.25) is 11.8 Å². The number of hydrogen-bond acceptors (Lipinski definition) is 7. The van der Waals surface area contributed by atoms with E-state index in [1.54, 1.807) is 0 Å². The normalized spacial score (nSPS) is 23.0. The predicted octanol–water partition coefficient (Wildman–Crippen LogP) is 5.48. The van der Waals surface area contributed by atoms with Crippen LogP contribution >= 0.6 is 11.6 Å². The zero-order chi connectivity index (χ0) is 28.8. The van der Waals surface area contributed by atoms with Crippen molar-refractivity contribution in [2.24, 2.45) is 5.92 Å². The quantitative estimate of drug-likeness (QED) is 0.400. The number of aromatic nitrogens is 1. The van der Waals surface area contributed by atoms with Gasteiger partial charge >= 0.3 is 0 Å². The fraction of sp³-hybridized carbons (Fsp3) is 0.433. The van der Waals surface area contributed by atoms with E-state index in [9.17, 15) is 22.9 Å². The number of rotatable bonds is 6. The third-order valence-electron chi connectivity index (χ3n) is 8.43. The smallest absolute Gasteiger partial charge is 0.228 e. The van der Waals surface area contributed by atoms with E-state index < -0.39 is 21.2 Å². The summed E-state index contributed by atoms with van der Waals surface area (Å²) < 4.78 is 43.9. The number of nitrogens with zero attached hydrogens (tertiary/aromatic N) is 3. The van der Waals surface area contributed by atoms with E-state index in [-0.39, 0.29) is 40.2 Å². The van der Waals surface area contributed by atoms with E-state index in [2.05, 4.69) is 11.4 Å². The Morgan fingerprint density at radius 3 is 2.49 bits per heavy atom. The third-order valence-corrected chi connectivity index (χ3v) is 10.4. The first-order valence-corrected chi connectivity index (χ1v) is 16.1. The summed E-state index contributed by atoms with van der Waals surface area (Å²) in [4.78, 5) is 20.3. The highest BCUT2D eigenvalue weighted by Crippen LogP contribution is 2.45. The van der Waals surface area contributed by atoms with Gasteiger partial charge in [-0.15, -0.1) is 0 Å². The summed E-state index contributed by atoms with van der Waals surface area (Å²) in [7, 11) is -2.99. The number of nitrogens with one attached hydrogen (secondary N) is 1. The molecular formula is C30H30ClFN4O4S. The van der Waals surface area contributed by atoms with Gasteiger partial charge in [0.05, 0.1) is 28.2 Å². The van der Waals surface area contributed by atoms with Crippen LogP contribution < -0.4 is 10.2 Å². The number of carbonyl (C=O) groups excluding carboxylic acids is 1. The van der Waals surface area contributed by atoms with Gasteiger partial charge in [-0.05, 0) is 56.0 Å². The molecule has 1 amide bonds. The van der Waals surface area contributed by atoms with Crippen molar-refractivity contribution in [2.45, 2.75) is 50.0 Å². The Morgan fingerprint density at radius 2 is 1.83 bits per heavy atom. The molecule has 2 heterocycles. The molecule has 2 atom stereocenters. The van der Waals surface area contributed by atoms with Crippen LogP contribution in [0.5, 0.6) is 0 Å². The molecule has 8 nitrogen and oxygen atoms in total. The Kier molecular flexibility index (Phi) is 7.28. The predicted molar refractivity (Wildman–Crippen MR) is 154 cm³/mol. The first kappa shape index (κ1) is 27.7. The topological polar surface area (TPSA) is 116 Å². The minimum absolute atomic E-state index is 0.127. The minimum atomic E-state index is -2.99. The van der Waals surface area contributed by atoms with Crippen LogP contribution in [-0.4, -0.2) is 49.4 Å².